The lowest BCUT2D eigenvalue weighted by Crippen LogP contribution is -2.30. The van der Waals surface area contributed by atoms with E-state index >= 15 is 0 Å². The van der Waals surface area contributed by atoms with Crippen LogP contribution in [0.2, 0.25) is 0 Å². The highest BCUT2D eigenvalue weighted by Gasteiger charge is 2.42. The molecular formula is C15H17FN2O2S. The van der Waals surface area contributed by atoms with Crippen LogP contribution in [-0.4, -0.2) is 24.2 Å². The monoisotopic (exact) mass is 308 g/mol. The predicted molar refractivity (Wildman–Crippen MR) is 81.9 cm³/mol. The Hall–Kier alpha value is -1.66. The summed E-state index contributed by atoms with van der Waals surface area (Å²) in [6.07, 6.45) is 2.77. The van der Waals surface area contributed by atoms with Crippen molar-refractivity contribution >= 4 is 33.0 Å². The maximum Gasteiger partial charge on any atom is 0.263 e. The molecule has 0 radical (unpaired) electrons. The third-order valence-electron chi connectivity index (χ3n) is 4.12. The number of halogens is 1. The molecule has 3 rings (SSSR count). The Balaban J connectivity index is 1.77. The summed E-state index contributed by atoms with van der Waals surface area (Å²) in [6.45, 7) is 0.689. The van der Waals surface area contributed by atoms with E-state index in [9.17, 15) is 9.18 Å². The first kappa shape index (κ1) is 14.3. The van der Waals surface area contributed by atoms with Crippen molar-refractivity contribution in [1.29, 1.82) is 0 Å². The van der Waals surface area contributed by atoms with Gasteiger partial charge in [-0.05, 0) is 42.9 Å². The summed E-state index contributed by atoms with van der Waals surface area (Å²) in [5, 5.41) is 12.5. The minimum Gasteiger partial charge on any atom is -0.397 e. The molecule has 1 aliphatic carbocycles. The second-order valence-corrected chi connectivity index (χ2v) is 6.69. The molecule has 1 heterocycles. The van der Waals surface area contributed by atoms with Crippen molar-refractivity contribution in [1.82, 2.24) is 5.32 Å². The molecule has 0 atom stereocenters. The van der Waals surface area contributed by atoms with E-state index in [-0.39, 0.29) is 23.7 Å². The average molecular weight is 308 g/mol. The number of nitrogens with two attached hydrogens (primary N) is 1. The third-order valence-corrected chi connectivity index (χ3v) is 5.30. The normalized spacial score (nSPS) is 16.1. The predicted octanol–water partition coefficient (Wildman–Crippen LogP) is 2.52. The molecule has 1 aliphatic rings. The topological polar surface area (TPSA) is 75.4 Å². The molecule has 2 aromatic rings. The fourth-order valence-corrected chi connectivity index (χ4v) is 3.55. The summed E-state index contributed by atoms with van der Waals surface area (Å²) in [7, 11) is 0. The number of aliphatic hydroxyl groups excluding tert-OH is 1. The molecule has 6 heteroatoms. The van der Waals surface area contributed by atoms with Gasteiger partial charge in [-0.2, -0.15) is 0 Å². The van der Waals surface area contributed by atoms with E-state index < -0.39 is 0 Å². The van der Waals surface area contributed by atoms with Gasteiger partial charge in [0.25, 0.3) is 5.91 Å². The van der Waals surface area contributed by atoms with Gasteiger partial charge in [-0.1, -0.05) is 0 Å². The number of carbonyl (C=O) groups is 1. The van der Waals surface area contributed by atoms with Crippen LogP contribution in [0.5, 0.6) is 0 Å². The SMILES string of the molecule is Nc1c(C(=O)NCC2(CCO)CC2)sc2ccc(F)cc12. The lowest BCUT2D eigenvalue weighted by atomic mass is 10.0. The number of rotatable bonds is 5. The van der Waals surface area contributed by atoms with Crippen molar-refractivity contribution in [3.63, 3.8) is 0 Å². The first-order valence-corrected chi connectivity index (χ1v) is 7.73. The van der Waals surface area contributed by atoms with Gasteiger partial charge in [-0.25, -0.2) is 4.39 Å². The van der Waals surface area contributed by atoms with Gasteiger partial charge in [0.15, 0.2) is 0 Å². The number of hydrogen-bond donors (Lipinski definition) is 3. The summed E-state index contributed by atoms with van der Waals surface area (Å²) in [4.78, 5) is 12.7. The fourth-order valence-electron chi connectivity index (χ4n) is 2.53. The van der Waals surface area contributed by atoms with Gasteiger partial charge in [0.05, 0.1) is 5.69 Å². The molecule has 1 amide bonds. The van der Waals surface area contributed by atoms with Gasteiger partial charge in [-0.3, -0.25) is 4.79 Å². The lowest BCUT2D eigenvalue weighted by molar-refractivity contribution is 0.0945. The number of hydrogen-bond acceptors (Lipinski definition) is 4. The van der Waals surface area contributed by atoms with Crippen LogP contribution in [0.4, 0.5) is 10.1 Å². The summed E-state index contributed by atoms with van der Waals surface area (Å²) >= 11 is 1.27. The first-order chi connectivity index (χ1) is 10.0. The Labute approximate surface area is 125 Å². The minimum absolute atomic E-state index is 0.0575. The van der Waals surface area contributed by atoms with Gasteiger partial charge < -0.3 is 16.2 Å². The molecule has 1 fully saturated rings. The van der Waals surface area contributed by atoms with E-state index in [4.69, 9.17) is 10.8 Å². The van der Waals surface area contributed by atoms with Gasteiger partial charge in [0.2, 0.25) is 0 Å². The van der Waals surface area contributed by atoms with Crippen LogP contribution in [0.15, 0.2) is 18.2 Å². The van der Waals surface area contributed by atoms with Crippen LogP contribution in [0, 0.1) is 11.2 Å². The van der Waals surface area contributed by atoms with Crippen LogP contribution in [0.25, 0.3) is 10.1 Å². The Kier molecular flexibility index (Phi) is 3.59. The number of aliphatic hydroxyl groups is 1. The standard InChI is InChI=1S/C15H17FN2O2S/c16-9-1-2-11-10(7-9)12(17)13(21-11)14(20)18-8-15(3-4-15)5-6-19/h1-2,7,19H,3-6,8,17H2,(H,18,20). The smallest absolute Gasteiger partial charge is 0.263 e. The number of carbonyl (C=O) groups excluding carboxylic acids is 1. The molecular weight excluding hydrogens is 291 g/mol. The Bertz CT molecular complexity index is 694. The Morgan fingerprint density at radius 3 is 2.90 bits per heavy atom. The van der Waals surface area contributed by atoms with Gasteiger partial charge in [-0.15, -0.1) is 11.3 Å². The lowest BCUT2D eigenvalue weighted by Gasteiger charge is -2.14. The van der Waals surface area contributed by atoms with E-state index in [1.54, 1.807) is 6.07 Å². The van der Waals surface area contributed by atoms with Crippen LogP contribution < -0.4 is 11.1 Å². The molecule has 0 saturated heterocycles. The zero-order valence-electron chi connectivity index (χ0n) is 11.5. The fraction of sp³-hybridized carbons (Fsp3) is 0.400. The summed E-state index contributed by atoms with van der Waals surface area (Å²) < 4.78 is 14.1. The highest BCUT2D eigenvalue weighted by atomic mass is 32.1. The van der Waals surface area contributed by atoms with E-state index in [0.717, 1.165) is 17.5 Å². The number of benzene rings is 1. The van der Waals surface area contributed by atoms with Crippen LogP contribution >= 0.6 is 11.3 Å². The van der Waals surface area contributed by atoms with Crippen molar-refractivity contribution < 1.29 is 14.3 Å². The van der Waals surface area contributed by atoms with Crippen LogP contribution in [0.3, 0.4) is 0 Å². The number of nitrogens with one attached hydrogen (secondary N) is 1. The Morgan fingerprint density at radius 1 is 1.48 bits per heavy atom. The van der Waals surface area contributed by atoms with Crippen LogP contribution in [-0.2, 0) is 0 Å². The second-order valence-electron chi connectivity index (χ2n) is 5.64. The molecule has 0 spiro atoms. The molecule has 112 valence electrons. The molecule has 21 heavy (non-hydrogen) atoms. The maximum atomic E-state index is 13.2. The average Bonchev–Trinajstić information content (AvgIpc) is 3.16. The number of nitrogen functional groups attached to an aromatic ring is 1. The largest absolute Gasteiger partial charge is 0.397 e. The van der Waals surface area contributed by atoms with E-state index in [0.29, 0.717) is 28.9 Å². The van der Waals surface area contributed by atoms with Crippen LogP contribution in [0.1, 0.15) is 28.9 Å². The molecule has 0 bridgehead atoms. The van der Waals surface area contributed by atoms with E-state index in [1.165, 1.54) is 23.5 Å². The van der Waals surface area contributed by atoms with Crippen molar-refractivity contribution in [2.24, 2.45) is 5.41 Å². The number of thiophene rings is 1. The highest BCUT2D eigenvalue weighted by molar-refractivity contribution is 7.21. The molecule has 4 N–H and O–H groups in total. The molecule has 0 aliphatic heterocycles. The molecule has 1 saturated carbocycles. The van der Waals surface area contributed by atoms with Crippen molar-refractivity contribution in [2.75, 3.05) is 18.9 Å². The van der Waals surface area contributed by atoms with E-state index in [1.807, 2.05) is 0 Å². The minimum atomic E-state index is -0.362. The molecule has 1 aromatic heterocycles. The summed E-state index contributed by atoms with van der Waals surface area (Å²) in [5.74, 6) is -0.586. The van der Waals surface area contributed by atoms with Crippen molar-refractivity contribution in [3.05, 3.63) is 28.9 Å². The van der Waals surface area contributed by atoms with E-state index in [2.05, 4.69) is 5.32 Å². The third kappa shape index (κ3) is 2.73. The first-order valence-electron chi connectivity index (χ1n) is 6.91. The van der Waals surface area contributed by atoms with Gasteiger partial charge >= 0.3 is 0 Å². The maximum absolute atomic E-state index is 13.2. The Morgan fingerprint density at radius 2 is 2.24 bits per heavy atom. The number of anilines is 1. The van der Waals surface area contributed by atoms with Gasteiger partial charge in [0, 0.05) is 23.2 Å². The van der Waals surface area contributed by atoms with Crippen molar-refractivity contribution in [2.45, 2.75) is 19.3 Å². The zero-order chi connectivity index (χ0) is 15.0. The molecule has 0 unspecified atom stereocenters. The molecule has 1 aromatic carbocycles. The molecule has 4 nitrogen and oxygen atoms in total. The highest BCUT2D eigenvalue weighted by Crippen LogP contribution is 2.48. The number of amides is 1. The number of fused-ring (bicyclic) bond motifs is 1. The quantitative estimate of drug-likeness (QED) is 0.794. The summed E-state index contributed by atoms with van der Waals surface area (Å²) in [5.41, 5.74) is 6.36. The second kappa shape index (κ2) is 5.27. The zero-order valence-corrected chi connectivity index (χ0v) is 12.3. The van der Waals surface area contributed by atoms with Gasteiger partial charge in [0.1, 0.15) is 10.7 Å². The summed E-state index contributed by atoms with van der Waals surface area (Å²) in [6, 6.07) is 4.35. The van der Waals surface area contributed by atoms with Crippen molar-refractivity contribution in [3.8, 4) is 0 Å².